The number of rotatable bonds is 8. The Morgan fingerprint density at radius 1 is 1.10 bits per heavy atom. The van der Waals surface area contributed by atoms with Gasteiger partial charge in [-0.25, -0.2) is 4.79 Å². The predicted molar refractivity (Wildman–Crippen MR) is 113 cm³/mol. The third-order valence-corrected chi connectivity index (χ3v) is 4.29. The molecule has 2 aromatic rings. The lowest BCUT2D eigenvalue weighted by Crippen LogP contribution is -2.47. The Kier molecular flexibility index (Phi) is 7.66. The monoisotopic (exact) mass is 413 g/mol. The summed E-state index contributed by atoms with van der Waals surface area (Å²) >= 11 is 0. The zero-order valence-corrected chi connectivity index (χ0v) is 17.6. The van der Waals surface area contributed by atoms with E-state index < -0.39 is 22.5 Å². The fourth-order valence-electron chi connectivity index (χ4n) is 2.89. The first kappa shape index (κ1) is 23.0. The highest BCUT2D eigenvalue weighted by Crippen LogP contribution is 2.23. The second-order valence-corrected chi connectivity index (χ2v) is 7.97. The van der Waals surface area contributed by atoms with E-state index in [0.717, 1.165) is 0 Å². The van der Waals surface area contributed by atoms with Gasteiger partial charge in [0.15, 0.2) is 0 Å². The van der Waals surface area contributed by atoms with Crippen molar-refractivity contribution >= 4 is 17.6 Å². The summed E-state index contributed by atoms with van der Waals surface area (Å²) in [5.41, 5.74) is 0.571. The van der Waals surface area contributed by atoms with Crippen LogP contribution >= 0.6 is 0 Å². The number of hydrogen-bond acceptors (Lipinski definition) is 6. The Hall–Kier alpha value is -3.26. The molecule has 0 fully saturated rings. The highest BCUT2D eigenvalue weighted by molar-refractivity contribution is 5.89. The molecule has 0 saturated carbocycles. The van der Waals surface area contributed by atoms with E-state index in [9.17, 15) is 19.7 Å². The molecular formula is C22H27N3O5. The van der Waals surface area contributed by atoms with Gasteiger partial charge in [-0.05, 0) is 45.5 Å². The van der Waals surface area contributed by atoms with Crippen LogP contribution in [-0.2, 0) is 9.53 Å². The molecule has 2 rings (SSSR count). The summed E-state index contributed by atoms with van der Waals surface area (Å²) in [5, 5.41) is 13.9. The molecule has 0 bridgehead atoms. The van der Waals surface area contributed by atoms with Gasteiger partial charge >= 0.3 is 5.97 Å². The molecule has 0 aromatic heterocycles. The topological polar surface area (TPSA) is 102 Å². The van der Waals surface area contributed by atoms with Gasteiger partial charge in [-0.15, -0.1) is 0 Å². The Morgan fingerprint density at radius 3 is 2.23 bits per heavy atom. The molecule has 2 aromatic carbocycles. The zero-order chi connectivity index (χ0) is 22.3. The van der Waals surface area contributed by atoms with Crippen LogP contribution in [0.2, 0.25) is 0 Å². The summed E-state index contributed by atoms with van der Waals surface area (Å²) in [6.07, 6.45) is 0. The molecule has 1 amide bonds. The van der Waals surface area contributed by atoms with Crippen molar-refractivity contribution in [2.75, 3.05) is 20.2 Å². The van der Waals surface area contributed by atoms with Gasteiger partial charge in [-0.3, -0.25) is 19.8 Å². The van der Waals surface area contributed by atoms with Gasteiger partial charge in [-0.2, -0.15) is 0 Å². The van der Waals surface area contributed by atoms with Gasteiger partial charge in [-0.1, -0.05) is 30.3 Å². The van der Waals surface area contributed by atoms with Gasteiger partial charge in [0.25, 0.3) is 5.69 Å². The van der Waals surface area contributed by atoms with Gasteiger partial charge in [0, 0.05) is 24.2 Å². The van der Waals surface area contributed by atoms with Crippen molar-refractivity contribution in [1.82, 2.24) is 10.2 Å². The lowest BCUT2D eigenvalue weighted by molar-refractivity contribution is -0.384. The largest absolute Gasteiger partial charge is 0.461 e. The van der Waals surface area contributed by atoms with Crippen LogP contribution < -0.4 is 5.32 Å². The number of carbonyl (C=O) groups is 2. The van der Waals surface area contributed by atoms with E-state index in [1.165, 1.54) is 12.1 Å². The van der Waals surface area contributed by atoms with E-state index in [2.05, 4.69) is 5.32 Å². The number of esters is 1. The molecule has 1 N–H and O–H groups in total. The molecule has 0 spiro atoms. The Bertz CT molecular complexity index is 876. The highest BCUT2D eigenvalue weighted by Gasteiger charge is 2.28. The number of nitrogens with zero attached hydrogens (tertiary/aromatic N) is 2. The molecule has 1 unspecified atom stereocenters. The van der Waals surface area contributed by atoms with Gasteiger partial charge < -0.3 is 10.1 Å². The SMILES string of the molecule is CN(CCOC(=O)c1ccccc1)C(C(=O)NC(C)(C)C)c1ccc([N+](=O)[O-])cc1. The molecule has 1 atom stereocenters. The van der Waals surface area contributed by atoms with Crippen molar-refractivity contribution in [3.05, 3.63) is 75.8 Å². The smallest absolute Gasteiger partial charge is 0.338 e. The lowest BCUT2D eigenvalue weighted by Gasteiger charge is -2.31. The minimum Gasteiger partial charge on any atom is -0.461 e. The average Bonchev–Trinajstić information content (AvgIpc) is 2.67. The normalized spacial score (nSPS) is 12.3. The van der Waals surface area contributed by atoms with Crippen LogP contribution in [-0.4, -0.2) is 47.4 Å². The summed E-state index contributed by atoms with van der Waals surface area (Å²) in [6, 6.07) is 13.8. The number of ether oxygens (including phenoxy) is 1. The van der Waals surface area contributed by atoms with Crippen molar-refractivity contribution in [2.45, 2.75) is 32.4 Å². The van der Waals surface area contributed by atoms with E-state index in [0.29, 0.717) is 17.7 Å². The Labute approximate surface area is 176 Å². The Morgan fingerprint density at radius 2 is 1.70 bits per heavy atom. The second-order valence-electron chi connectivity index (χ2n) is 7.97. The Balaban J connectivity index is 2.11. The van der Waals surface area contributed by atoms with Crippen LogP contribution in [0.1, 0.15) is 42.7 Å². The van der Waals surface area contributed by atoms with Crippen LogP contribution in [0.15, 0.2) is 54.6 Å². The van der Waals surface area contributed by atoms with Crippen LogP contribution in [0.3, 0.4) is 0 Å². The van der Waals surface area contributed by atoms with Crippen LogP contribution in [0.25, 0.3) is 0 Å². The first-order valence-corrected chi connectivity index (χ1v) is 9.57. The second kappa shape index (κ2) is 9.98. The quantitative estimate of drug-likeness (QED) is 0.405. The minimum atomic E-state index is -0.694. The molecule has 0 aliphatic carbocycles. The maximum Gasteiger partial charge on any atom is 0.338 e. The predicted octanol–water partition coefficient (Wildman–Crippen LogP) is 3.34. The highest BCUT2D eigenvalue weighted by atomic mass is 16.6. The molecular weight excluding hydrogens is 386 g/mol. The van der Waals surface area contributed by atoms with Crippen LogP contribution in [0, 0.1) is 10.1 Å². The van der Waals surface area contributed by atoms with E-state index in [-0.39, 0.29) is 18.2 Å². The van der Waals surface area contributed by atoms with E-state index in [4.69, 9.17) is 4.74 Å². The summed E-state index contributed by atoms with van der Waals surface area (Å²) in [5.74, 6) is -0.678. The summed E-state index contributed by atoms with van der Waals surface area (Å²) in [7, 11) is 1.74. The number of nitro groups is 1. The van der Waals surface area contributed by atoms with Crippen molar-refractivity contribution < 1.29 is 19.2 Å². The van der Waals surface area contributed by atoms with Gasteiger partial charge in [0.05, 0.1) is 10.5 Å². The first-order chi connectivity index (χ1) is 14.1. The molecule has 30 heavy (non-hydrogen) atoms. The minimum absolute atomic E-state index is 0.0480. The van der Waals surface area contributed by atoms with Crippen molar-refractivity contribution in [1.29, 1.82) is 0 Å². The third-order valence-electron chi connectivity index (χ3n) is 4.29. The number of benzene rings is 2. The summed E-state index contributed by atoms with van der Waals surface area (Å²) in [6.45, 7) is 6.02. The molecule has 8 nitrogen and oxygen atoms in total. The maximum atomic E-state index is 12.9. The number of amides is 1. The number of nitrogens with one attached hydrogen (secondary N) is 1. The zero-order valence-electron chi connectivity index (χ0n) is 17.6. The fraction of sp³-hybridized carbons (Fsp3) is 0.364. The standard InChI is InChI=1S/C22H27N3O5/c1-22(2,3)23-20(26)19(16-10-12-18(13-11-16)25(28)29)24(4)14-15-30-21(27)17-8-6-5-7-9-17/h5-13,19H,14-15H2,1-4H3,(H,23,26). The molecule has 0 saturated heterocycles. The maximum absolute atomic E-state index is 12.9. The van der Waals surface area contributed by atoms with E-state index in [1.807, 2.05) is 26.8 Å². The number of non-ortho nitro benzene ring substituents is 1. The lowest BCUT2D eigenvalue weighted by atomic mass is 10.0. The number of likely N-dealkylation sites (N-methyl/N-ethyl adjacent to an activating group) is 1. The van der Waals surface area contributed by atoms with Crippen LogP contribution in [0.5, 0.6) is 0 Å². The number of carbonyl (C=O) groups excluding carboxylic acids is 2. The first-order valence-electron chi connectivity index (χ1n) is 9.57. The average molecular weight is 413 g/mol. The molecule has 0 radical (unpaired) electrons. The molecule has 0 heterocycles. The molecule has 8 heteroatoms. The number of hydrogen-bond donors (Lipinski definition) is 1. The fourth-order valence-corrected chi connectivity index (χ4v) is 2.89. The summed E-state index contributed by atoms with van der Waals surface area (Å²) in [4.78, 5) is 37.2. The van der Waals surface area contributed by atoms with E-state index >= 15 is 0 Å². The molecule has 0 aliphatic heterocycles. The van der Waals surface area contributed by atoms with Crippen LogP contribution in [0.4, 0.5) is 5.69 Å². The third kappa shape index (κ3) is 6.66. The van der Waals surface area contributed by atoms with Gasteiger partial charge in [0.2, 0.25) is 5.91 Å². The summed E-state index contributed by atoms with van der Waals surface area (Å²) < 4.78 is 5.31. The van der Waals surface area contributed by atoms with Crippen molar-refractivity contribution in [2.24, 2.45) is 0 Å². The molecule has 0 aliphatic rings. The van der Waals surface area contributed by atoms with E-state index in [1.54, 1.807) is 48.3 Å². The van der Waals surface area contributed by atoms with Crippen molar-refractivity contribution in [3.8, 4) is 0 Å². The van der Waals surface area contributed by atoms with Gasteiger partial charge in [0.1, 0.15) is 12.6 Å². The molecule has 160 valence electrons. The number of nitro benzene ring substituents is 1. The van der Waals surface area contributed by atoms with Crippen molar-refractivity contribution in [3.63, 3.8) is 0 Å².